The molecule has 0 saturated carbocycles. The number of ether oxygens (including phenoxy) is 1. The van der Waals surface area contributed by atoms with Crippen molar-refractivity contribution in [2.24, 2.45) is 0 Å². The maximum atomic E-state index is 8.45. The van der Waals surface area contributed by atoms with Gasteiger partial charge in [0.05, 0.1) is 26.1 Å². The van der Waals surface area contributed by atoms with E-state index >= 15 is 0 Å². The second-order valence-corrected chi connectivity index (χ2v) is 3.06. The van der Waals surface area contributed by atoms with Crippen LogP contribution in [0.1, 0.15) is 6.42 Å². The van der Waals surface area contributed by atoms with Crippen LogP contribution in [0, 0.1) is 11.3 Å². The van der Waals surface area contributed by atoms with Crippen molar-refractivity contribution in [3.05, 3.63) is 18.2 Å². The van der Waals surface area contributed by atoms with Crippen molar-refractivity contribution in [3.63, 3.8) is 0 Å². The molecule has 0 bridgehead atoms. The minimum Gasteiger partial charge on any atom is -0.497 e. The molecule has 0 N–H and O–H groups in total. The molecular formula is C10H10N4O. The monoisotopic (exact) mass is 202 g/mol. The Morgan fingerprint density at radius 1 is 1.40 bits per heavy atom. The number of hydrogen-bond donors (Lipinski definition) is 0. The van der Waals surface area contributed by atoms with E-state index in [-0.39, 0.29) is 0 Å². The number of aromatic nitrogens is 3. The molecule has 0 amide bonds. The third kappa shape index (κ3) is 1.89. The van der Waals surface area contributed by atoms with Gasteiger partial charge >= 0.3 is 0 Å². The topological polar surface area (TPSA) is 63.7 Å². The summed E-state index contributed by atoms with van der Waals surface area (Å²) in [5, 5.41) is 16.9. The van der Waals surface area contributed by atoms with Crippen LogP contribution in [0.4, 0.5) is 0 Å². The van der Waals surface area contributed by atoms with Gasteiger partial charge in [0.2, 0.25) is 0 Å². The Balaban J connectivity index is 2.34. The van der Waals surface area contributed by atoms with Gasteiger partial charge in [-0.3, -0.25) is 0 Å². The van der Waals surface area contributed by atoms with Crippen LogP contribution in [0.25, 0.3) is 11.0 Å². The Labute approximate surface area is 86.9 Å². The predicted octanol–water partition coefficient (Wildman–Crippen LogP) is 1.35. The minimum absolute atomic E-state index is 0.415. The van der Waals surface area contributed by atoms with Gasteiger partial charge in [-0.05, 0) is 12.1 Å². The molecule has 0 radical (unpaired) electrons. The van der Waals surface area contributed by atoms with Crippen LogP contribution < -0.4 is 4.74 Å². The van der Waals surface area contributed by atoms with Crippen molar-refractivity contribution < 1.29 is 4.74 Å². The maximum Gasteiger partial charge on any atom is 0.121 e. The van der Waals surface area contributed by atoms with Crippen molar-refractivity contribution >= 4 is 11.0 Å². The van der Waals surface area contributed by atoms with E-state index in [4.69, 9.17) is 10.00 Å². The Kier molecular flexibility index (Phi) is 2.50. The smallest absolute Gasteiger partial charge is 0.121 e. The zero-order valence-electron chi connectivity index (χ0n) is 8.34. The molecular weight excluding hydrogens is 192 g/mol. The van der Waals surface area contributed by atoms with Gasteiger partial charge in [0.15, 0.2) is 0 Å². The molecule has 0 aliphatic rings. The van der Waals surface area contributed by atoms with Gasteiger partial charge in [0, 0.05) is 6.07 Å². The molecule has 0 atom stereocenters. The molecule has 0 fully saturated rings. The van der Waals surface area contributed by atoms with Crippen LogP contribution >= 0.6 is 0 Å². The van der Waals surface area contributed by atoms with E-state index in [2.05, 4.69) is 16.3 Å². The lowest BCUT2D eigenvalue weighted by molar-refractivity contribution is 0.415. The van der Waals surface area contributed by atoms with Crippen LogP contribution in [0.5, 0.6) is 5.75 Å². The molecule has 5 heteroatoms. The molecule has 0 unspecified atom stereocenters. The largest absolute Gasteiger partial charge is 0.497 e. The number of fused-ring (bicyclic) bond motifs is 1. The predicted molar refractivity (Wildman–Crippen MR) is 54.3 cm³/mol. The summed E-state index contributed by atoms with van der Waals surface area (Å²) in [5.74, 6) is 0.759. The first-order valence-electron chi connectivity index (χ1n) is 4.59. The van der Waals surface area contributed by atoms with Crippen LogP contribution in [0.2, 0.25) is 0 Å². The minimum atomic E-state index is 0.415. The number of hydrogen-bond acceptors (Lipinski definition) is 4. The van der Waals surface area contributed by atoms with Gasteiger partial charge < -0.3 is 4.74 Å². The lowest BCUT2D eigenvalue weighted by Crippen LogP contribution is -2.00. The van der Waals surface area contributed by atoms with E-state index in [9.17, 15) is 0 Å². The highest BCUT2D eigenvalue weighted by Crippen LogP contribution is 2.16. The normalized spacial score (nSPS) is 10.1. The zero-order chi connectivity index (χ0) is 10.7. The molecule has 0 spiro atoms. The number of aryl methyl sites for hydroxylation is 1. The fourth-order valence-electron chi connectivity index (χ4n) is 1.32. The molecule has 76 valence electrons. The lowest BCUT2D eigenvalue weighted by atomic mass is 10.3. The second-order valence-electron chi connectivity index (χ2n) is 3.06. The zero-order valence-corrected chi connectivity index (χ0v) is 8.34. The molecule has 2 aromatic rings. The second kappa shape index (κ2) is 3.96. The number of nitriles is 1. The Morgan fingerprint density at radius 3 is 2.93 bits per heavy atom. The van der Waals surface area contributed by atoms with Gasteiger partial charge in [0.1, 0.15) is 16.8 Å². The molecule has 1 heterocycles. The number of benzene rings is 1. The van der Waals surface area contributed by atoms with Crippen LogP contribution in [-0.2, 0) is 6.54 Å². The van der Waals surface area contributed by atoms with E-state index in [0.29, 0.717) is 13.0 Å². The highest BCUT2D eigenvalue weighted by Gasteiger charge is 2.03. The molecule has 1 aromatic heterocycles. The first-order chi connectivity index (χ1) is 7.33. The average molecular weight is 202 g/mol. The summed E-state index contributed by atoms with van der Waals surface area (Å²) in [4.78, 5) is 1.54. The van der Waals surface area contributed by atoms with Crippen molar-refractivity contribution in [2.45, 2.75) is 13.0 Å². The van der Waals surface area contributed by atoms with E-state index in [0.717, 1.165) is 16.8 Å². The maximum absolute atomic E-state index is 8.45. The molecule has 0 aliphatic carbocycles. The van der Waals surface area contributed by atoms with E-state index < -0.39 is 0 Å². The Bertz CT molecular complexity index is 512. The number of nitrogens with zero attached hydrogens (tertiary/aromatic N) is 4. The van der Waals surface area contributed by atoms with Crippen molar-refractivity contribution in [2.75, 3.05) is 7.11 Å². The summed E-state index contributed by atoms with van der Waals surface area (Å²) >= 11 is 0. The Morgan fingerprint density at radius 2 is 2.20 bits per heavy atom. The standard InChI is InChI=1S/C10H10N4O/c1-15-8-3-4-9-10(7-8)13-14(12-9)6-2-5-11/h3-4,7H,2,6H2,1H3. The van der Waals surface area contributed by atoms with Crippen LogP contribution in [0.15, 0.2) is 18.2 Å². The summed E-state index contributed by atoms with van der Waals surface area (Å²) in [6, 6.07) is 7.57. The van der Waals surface area contributed by atoms with Gasteiger partial charge in [-0.2, -0.15) is 20.3 Å². The first-order valence-corrected chi connectivity index (χ1v) is 4.59. The fourth-order valence-corrected chi connectivity index (χ4v) is 1.32. The summed E-state index contributed by atoms with van der Waals surface area (Å²) in [6.07, 6.45) is 0.415. The molecule has 0 aliphatic heterocycles. The van der Waals surface area contributed by atoms with E-state index in [1.54, 1.807) is 7.11 Å². The summed E-state index contributed by atoms with van der Waals surface area (Å²) in [7, 11) is 1.61. The third-order valence-electron chi connectivity index (χ3n) is 2.05. The fraction of sp³-hybridized carbons (Fsp3) is 0.300. The van der Waals surface area contributed by atoms with Crippen LogP contribution in [0.3, 0.4) is 0 Å². The quantitative estimate of drug-likeness (QED) is 0.753. The summed E-state index contributed by atoms with van der Waals surface area (Å²) in [5.41, 5.74) is 1.60. The molecule has 0 saturated heterocycles. The summed E-state index contributed by atoms with van der Waals surface area (Å²) in [6.45, 7) is 0.521. The molecule has 2 rings (SSSR count). The van der Waals surface area contributed by atoms with Crippen molar-refractivity contribution in [1.29, 1.82) is 5.26 Å². The molecule has 15 heavy (non-hydrogen) atoms. The Hall–Kier alpha value is -2.09. The average Bonchev–Trinajstić information content (AvgIpc) is 2.67. The van der Waals surface area contributed by atoms with Gasteiger partial charge in [0.25, 0.3) is 0 Å². The first kappa shape index (κ1) is 9.46. The third-order valence-corrected chi connectivity index (χ3v) is 2.05. The van der Waals surface area contributed by atoms with Gasteiger partial charge in [-0.1, -0.05) is 0 Å². The number of methoxy groups -OCH3 is 1. The highest BCUT2D eigenvalue weighted by atomic mass is 16.5. The SMILES string of the molecule is COc1ccc2nn(CCC#N)nc2c1. The number of rotatable bonds is 3. The van der Waals surface area contributed by atoms with Gasteiger partial charge in [-0.25, -0.2) is 0 Å². The van der Waals surface area contributed by atoms with E-state index in [1.165, 1.54) is 4.80 Å². The van der Waals surface area contributed by atoms with Crippen LogP contribution in [-0.4, -0.2) is 22.1 Å². The lowest BCUT2D eigenvalue weighted by Gasteiger charge is -1.95. The highest BCUT2D eigenvalue weighted by molar-refractivity contribution is 5.75. The molecule has 1 aromatic carbocycles. The summed E-state index contributed by atoms with van der Waals surface area (Å²) < 4.78 is 5.08. The van der Waals surface area contributed by atoms with Gasteiger partial charge in [-0.15, -0.1) is 0 Å². The van der Waals surface area contributed by atoms with Crippen molar-refractivity contribution in [3.8, 4) is 11.8 Å². The van der Waals surface area contributed by atoms with E-state index in [1.807, 2.05) is 18.2 Å². The molecule has 5 nitrogen and oxygen atoms in total. The van der Waals surface area contributed by atoms with Crippen molar-refractivity contribution in [1.82, 2.24) is 15.0 Å².